The third-order valence-corrected chi connectivity index (χ3v) is 3.64. The number of nitrogens with zero attached hydrogens (tertiary/aromatic N) is 4. The van der Waals surface area contributed by atoms with Crippen LogP contribution in [-0.4, -0.2) is 33.0 Å². The molecular formula is C13H23N5. The number of aromatic nitrogens is 2. The van der Waals surface area contributed by atoms with Gasteiger partial charge >= 0.3 is 0 Å². The Morgan fingerprint density at radius 1 is 1.50 bits per heavy atom. The Balaban J connectivity index is 2.24. The summed E-state index contributed by atoms with van der Waals surface area (Å²) in [5.41, 5.74) is 7.25. The number of hydrogen-bond acceptors (Lipinski definition) is 4. The standard InChI is InChI=1S/C13H23N5/c1-4-6-17-9-15-7-11(17)12-8-16-13(14)18(12)10(3)5-2/h7,9-10,12H,4-6,8H2,1-3H3,(H2,14,16). The summed E-state index contributed by atoms with van der Waals surface area (Å²) in [4.78, 5) is 10.9. The second kappa shape index (κ2) is 5.42. The van der Waals surface area contributed by atoms with Crippen LogP contribution in [0.2, 0.25) is 0 Å². The normalized spacial score (nSPS) is 21.2. The summed E-state index contributed by atoms with van der Waals surface area (Å²) in [5, 5.41) is 0. The van der Waals surface area contributed by atoms with Crippen LogP contribution in [0.3, 0.4) is 0 Å². The zero-order chi connectivity index (χ0) is 13.1. The van der Waals surface area contributed by atoms with E-state index in [0.29, 0.717) is 12.0 Å². The van der Waals surface area contributed by atoms with E-state index in [1.54, 1.807) is 0 Å². The molecule has 18 heavy (non-hydrogen) atoms. The Morgan fingerprint density at radius 2 is 2.28 bits per heavy atom. The lowest BCUT2D eigenvalue weighted by molar-refractivity contribution is 0.259. The molecule has 0 fully saturated rings. The molecule has 2 rings (SSSR count). The fourth-order valence-electron chi connectivity index (χ4n) is 2.51. The first-order chi connectivity index (χ1) is 8.69. The zero-order valence-corrected chi connectivity index (χ0v) is 11.5. The van der Waals surface area contributed by atoms with Gasteiger partial charge in [0, 0.05) is 12.6 Å². The van der Waals surface area contributed by atoms with E-state index in [1.807, 2.05) is 12.5 Å². The summed E-state index contributed by atoms with van der Waals surface area (Å²) in [6.07, 6.45) is 6.02. The van der Waals surface area contributed by atoms with Crippen LogP contribution in [0.1, 0.15) is 45.3 Å². The zero-order valence-electron chi connectivity index (χ0n) is 11.5. The minimum atomic E-state index is 0.244. The van der Waals surface area contributed by atoms with Gasteiger partial charge in [0.05, 0.1) is 30.8 Å². The number of guanidine groups is 1. The smallest absolute Gasteiger partial charge is 0.192 e. The fraction of sp³-hybridized carbons (Fsp3) is 0.692. The van der Waals surface area contributed by atoms with Crippen molar-refractivity contribution >= 4 is 5.96 Å². The van der Waals surface area contributed by atoms with E-state index in [9.17, 15) is 0 Å². The van der Waals surface area contributed by atoms with Gasteiger partial charge in [-0.05, 0) is 19.8 Å². The molecule has 100 valence electrons. The summed E-state index contributed by atoms with van der Waals surface area (Å²) in [6.45, 7) is 8.29. The Bertz CT molecular complexity index is 423. The summed E-state index contributed by atoms with van der Waals surface area (Å²) >= 11 is 0. The van der Waals surface area contributed by atoms with Crippen molar-refractivity contribution in [3.63, 3.8) is 0 Å². The largest absolute Gasteiger partial charge is 0.370 e. The average molecular weight is 249 g/mol. The third-order valence-electron chi connectivity index (χ3n) is 3.64. The van der Waals surface area contributed by atoms with Gasteiger partial charge in [-0.15, -0.1) is 0 Å². The van der Waals surface area contributed by atoms with E-state index in [4.69, 9.17) is 5.73 Å². The summed E-state index contributed by atoms with van der Waals surface area (Å²) in [7, 11) is 0. The molecule has 1 aliphatic heterocycles. The van der Waals surface area contributed by atoms with Crippen molar-refractivity contribution in [1.82, 2.24) is 14.5 Å². The van der Waals surface area contributed by atoms with Crippen molar-refractivity contribution < 1.29 is 0 Å². The summed E-state index contributed by atoms with van der Waals surface area (Å²) in [6, 6.07) is 0.653. The highest BCUT2D eigenvalue weighted by Gasteiger charge is 2.32. The number of imidazole rings is 1. The maximum absolute atomic E-state index is 6.02. The van der Waals surface area contributed by atoms with Crippen LogP contribution in [0, 0.1) is 0 Å². The number of hydrogen-bond donors (Lipinski definition) is 1. The Morgan fingerprint density at radius 3 is 2.94 bits per heavy atom. The molecule has 0 amide bonds. The minimum Gasteiger partial charge on any atom is -0.370 e. The van der Waals surface area contributed by atoms with E-state index < -0.39 is 0 Å². The molecule has 0 bridgehead atoms. The van der Waals surface area contributed by atoms with Crippen LogP contribution < -0.4 is 5.73 Å². The number of rotatable bonds is 5. The van der Waals surface area contributed by atoms with Gasteiger partial charge in [-0.1, -0.05) is 13.8 Å². The van der Waals surface area contributed by atoms with Gasteiger partial charge in [-0.3, -0.25) is 4.99 Å². The van der Waals surface area contributed by atoms with Crippen molar-refractivity contribution in [3.8, 4) is 0 Å². The number of aryl methyl sites for hydroxylation is 1. The third kappa shape index (κ3) is 2.21. The van der Waals surface area contributed by atoms with E-state index in [-0.39, 0.29) is 6.04 Å². The maximum atomic E-state index is 6.02. The van der Waals surface area contributed by atoms with E-state index in [1.165, 1.54) is 5.69 Å². The highest BCUT2D eigenvalue weighted by Crippen LogP contribution is 2.28. The highest BCUT2D eigenvalue weighted by atomic mass is 15.3. The molecule has 0 spiro atoms. The molecule has 2 N–H and O–H groups in total. The van der Waals surface area contributed by atoms with Crippen LogP contribution in [0.15, 0.2) is 17.5 Å². The highest BCUT2D eigenvalue weighted by molar-refractivity contribution is 5.80. The minimum absolute atomic E-state index is 0.244. The molecule has 1 aromatic rings. The maximum Gasteiger partial charge on any atom is 0.192 e. The molecule has 0 radical (unpaired) electrons. The SMILES string of the molecule is CCCn1cncc1C1CN=C(N)N1C(C)CC. The molecule has 5 nitrogen and oxygen atoms in total. The van der Waals surface area contributed by atoms with Crippen molar-refractivity contribution in [3.05, 3.63) is 18.2 Å². The lowest BCUT2D eigenvalue weighted by Crippen LogP contribution is -2.42. The molecule has 0 saturated carbocycles. The van der Waals surface area contributed by atoms with Gasteiger partial charge in [0.2, 0.25) is 0 Å². The van der Waals surface area contributed by atoms with Gasteiger partial charge < -0.3 is 15.2 Å². The van der Waals surface area contributed by atoms with E-state index in [2.05, 4.69) is 40.2 Å². The fourth-order valence-corrected chi connectivity index (χ4v) is 2.51. The first kappa shape index (κ1) is 12.9. The predicted octanol–water partition coefficient (Wildman–Crippen LogP) is 1.76. The van der Waals surface area contributed by atoms with Gasteiger partial charge in [0.25, 0.3) is 0 Å². The molecule has 2 atom stereocenters. The molecule has 0 aromatic carbocycles. The summed E-state index contributed by atoms with van der Waals surface area (Å²) in [5.74, 6) is 0.665. The van der Waals surface area contributed by atoms with Gasteiger partial charge in [0.15, 0.2) is 5.96 Å². The first-order valence-corrected chi connectivity index (χ1v) is 6.77. The Labute approximate surface area is 109 Å². The van der Waals surface area contributed by atoms with Crippen LogP contribution >= 0.6 is 0 Å². The molecule has 1 aliphatic rings. The lowest BCUT2D eigenvalue weighted by Gasteiger charge is -2.32. The second-order valence-corrected chi connectivity index (χ2v) is 4.89. The monoisotopic (exact) mass is 249 g/mol. The average Bonchev–Trinajstić information content (AvgIpc) is 2.95. The quantitative estimate of drug-likeness (QED) is 0.865. The molecule has 5 heteroatoms. The Hall–Kier alpha value is -1.52. The van der Waals surface area contributed by atoms with Crippen molar-refractivity contribution in [1.29, 1.82) is 0 Å². The van der Waals surface area contributed by atoms with Crippen molar-refractivity contribution in [2.75, 3.05) is 6.54 Å². The van der Waals surface area contributed by atoms with Gasteiger partial charge in [-0.25, -0.2) is 4.98 Å². The van der Waals surface area contributed by atoms with Crippen molar-refractivity contribution in [2.24, 2.45) is 10.7 Å². The molecular weight excluding hydrogens is 226 g/mol. The molecule has 2 unspecified atom stereocenters. The van der Waals surface area contributed by atoms with Crippen LogP contribution in [0.5, 0.6) is 0 Å². The Kier molecular flexibility index (Phi) is 3.89. The van der Waals surface area contributed by atoms with Crippen molar-refractivity contribution in [2.45, 2.75) is 52.2 Å². The number of nitrogens with two attached hydrogens (primary N) is 1. The van der Waals surface area contributed by atoms with Crippen LogP contribution in [0.25, 0.3) is 0 Å². The molecule has 1 aromatic heterocycles. The van der Waals surface area contributed by atoms with E-state index >= 15 is 0 Å². The molecule has 0 saturated heterocycles. The predicted molar refractivity (Wildman–Crippen MR) is 73.3 cm³/mol. The van der Waals surface area contributed by atoms with Gasteiger partial charge in [0.1, 0.15) is 0 Å². The van der Waals surface area contributed by atoms with Crippen LogP contribution in [-0.2, 0) is 6.54 Å². The van der Waals surface area contributed by atoms with Crippen LogP contribution in [0.4, 0.5) is 0 Å². The van der Waals surface area contributed by atoms with E-state index in [0.717, 1.165) is 25.9 Å². The summed E-state index contributed by atoms with van der Waals surface area (Å²) < 4.78 is 2.22. The topological polar surface area (TPSA) is 59.4 Å². The second-order valence-electron chi connectivity index (χ2n) is 4.89. The lowest BCUT2D eigenvalue weighted by atomic mass is 10.1. The van der Waals surface area contributed by atoms with Gasteiger partial charge in [-0.2, -0.15) is 0 Å². The molecule has 2 heterocycles. The molecule has 0 aliphatic carbocycles. The number of aliphatic imine (C=N–C) groups is 1. The first-order valence-electron chi connectivity index (χ1n) is 6.77.